The first kappa shape index (κ1) is 22.9. The van der Waals surface area contributed by atoms with E-state index in [-0.39, 0.29) is 5.56 Å². The van der Waals surface area contributed by atoms with Gasteiger partial charge in [-0.3, -0.25) is 4.79 Å². The standard InChI is InChI=1S/C24H36N2O3/c1-5-9-10-11-12-13-16-28-23-22(29-19(6-2)7-3)20-15-14-18(25)17-21(20)26(8-4)24(23)27/h6,14-15,17H,5,7-13,16,25H2,1-4H3. The maximum absolute atomic E-state index is 13.2. The molecular formula is C24H36N2O3. The maximum atomic E-state index is 13.2. The number of aryl methyl sites for hydroxylation is 1. The van der Waals surface area contributed by atoms with Gasteiger partial charge in [0.05, 0.1) is 17.9 Å². The minimum Gasteiger partial charge on any atom is -0.485 e. The number of rotatable bonds is 12. The van der Waals surface area contributed by atoms with E-state index in [1.54, 1.807) is 4.57 Å². The number of nitrogens with zero attached hydrogens (tertiary/aromatic N) is 1. The van der Waals surface area contributed by atoms with Crippen LogP contribution in [0.5, 0.6) is 11.5 Å². The molecule has 0 radical (unpaired) electrons. The van der Waals surface area contributed by atoms with Crippen molar-refractivity contribution in [2.24, 2.45) is 0 Å². The molecule has 29 heavy (non-hydrogen) atoms. The first-order valence-electron chi connectivity index (χ1n) is 11.0. The molecule has 1 heterocycles. The highest BCUT2D eigenvalue weighted by atomic mass is 16.5. The summed E-state index contributed by atoms with van der Waals surface area (Å²) in [5.41, 5.74) is 7.21. The van der Waals surface area contributed by atoms with Gasteiger partial charge in [0, 0.05) is 24.0 Å². The normalized spacial score (nSPS) is 11.8. The van der Waals surface area contributed by atoms with Crippen molar-refractivity contribution < 1.29 is 9.47 Å². The molecule has 1 aromatic carbocycles. The number of ether oxygens (including phenoxy) is 2. The van der Waals surface area contributed by atoms with Gasteiger partial charge >= 0.3 is 0 Å². The van der Waals surface area contributed by atoms with Gasteiger partial charge in [-0.15, -0.1) is 0 Å². The molecule has 0 bridgehead atoms. The number of pyridine rings is 1. The molecule has 160 valence electrons. The van der Waals surface area contributed by atoms with Gasteiger partial charge < -0.3 is 19.8 Å². The maximum Gasteiger partial charge on any atom is 0.297 e. The smallest absolute Gasteiger partial charge is 0.297 e. The first-order chi connectivity index (χ1) is 14.1. The number of allylic oxidation sites excluding steroid dienone is 2. The average molecular weight is 401 g/mol. The molecule has 2 rings (SSSR count). The van der Waals surface area contributed by atoms with Crippen molar-refractivity contribution in [1.82, 2.24) is 4.57 Å². The summed E-state index contributed by atoms with van der Waals surface area (Å²) in [5, 5.41) is 0.839. The summed E-state index contributed by atoms with van der Waals surface area (Å²) >= 11 is 0. The molecule has 1 aromatic heterocycles. The van der Waals surface area contributed by atoms with E-state index >= 15 is 0 Å². The third kappa shape index (κ3) is 5.78. The van der Waals surface area contributed by atoms with E-state index in [0.29, 0.717) is 30.3 Å². The van der Waals surface area contributed by atoms with Gasteiger partial charge in [-0.2, -0.15) is 0 Å². The second kappa shape index (κ2) is 11.5. The van der Waals surface area contributed by atoms with E-state index in [4.69, 9.17) is 15.2 Å². The van der Waals surface area contributed by atoms with Crippen molar-refractivity contribution >= 4 is 16.6 Å². The lowest BCUT2D eigenvalue weighted by Gasteiger charge is -2.19. The number of benzene rings is 1. The second-order valence-corrected chi connectivity index (χ2v) is 7.31. The molecule has 0 aliphatic rings. The molecule has 2 N–H and O–H groups in total. The van der Waals surface area contributed by atoms with E-state index in [9.17, 15) is 4.79 Å². The lowest BCUT2D eigenvalue weighted by molar-refractivity contribution is 0.280. The second-order valence-electron chi connectivity index (χ2n) is 7.31. The average Bonchev–Trinajstić information content (AvgIpc) is 2.72. The van der Waals surface area contributed by atoms with Crippen molar-refractivity contribution in [2.45, 2.75) is 79.2 Å². The Kier molecular flexibility index (Phi) is 9.10. The summed E-state index contributed by atoms with van der Waals surface area (Å²) in [7, 11) is 0. The van der Waals surface area contributed by atoms with Crippen LogP contribution >= 0.6 is 0 Å². The highest BCUT2D eigenvalue weighted by molar-refractivity contribution is 5.90. The van der Waals surface area contributed by atoms with Crippen molar-refractivity contribution in [1.29, 1.82) is 0 Å². The van der Waals surface area contributed by atoms with E-state index in [0.717, 1.165) is 35.9 Å². The van der Waals surface area contributed by atoms with Crippen LogP contribution in [0.4, 0.5) is 5.69 Å². The number of anilines is 1. The fourth-order valence-electron chi connectivity index (χ4n) is 3.48. The Hall–Kier alpha value is -2.43. The zero-order chi connectivity index (χ0) is 21.2. The largest absolute Gasteiger partial charge is 0.485 e. The lowest BCUT2D eigenvalue weighted by atomic mass is 10.1. The molecule has 0 atom stereocenters. The van der Waals surface area contributed by atoms with Crippen LogP contribution in [0.2, 0.25) is 0 Å². The number of nitrogen functional groups attached to an aromatic ring is 1. The Labute approximate surface area is 174 Å². The predicted octanol–water partition coefficient (Wildman–Crippen LogP) is 6.04. The van der Waals surface area contributed by atoms with E-state index < -0.39 is 0 Å². The molecule has 5 heteroatoms. The minimum absolute atomic E-state index is 0.168. The third-order valence-electron chi connectivity index (χ3n) is 5.17. The van der Waals surface area contributed by atoms with Gasteiger partial charge in [-0.25, -0.2) is 0 Å². The molecule has 2 aromatic rings. The van der Waals surface area contributed by atoms with Gasteiger partial charge in [0.15, 0.2) is 5.75 Å². The van der Waals surface area contributed by atoms with Crippen molar-refractivity contribution in [3.05, 3.63) is 40.4 Å². The van der Waals surface area contributed by atoms with Crippen LogP contribution in [0.1, 0.15) is 72.6 Å². The molecule has 0 fully saturated rings. The van der Waals surface area contributed by atoms with Gasteiger partial charge in [0.2, 0.25) is 5.75 Å². The number of hydrogen-bond donors (Lipinski definition) is 1. The summed E-state index contributed by atoms with van der Waals surface area (Å²) in [6.07, 6.45) is 9.67. The predicted molar refractivity (Wildman–Crippen MR) is 122 cm³/mol. The number of fused-ring (bicyclic) bond motifs is 1. The molecule has 0 saturated heterocycles. The van der Waals surface area contributed by atoms with Crippen molar-refractivity contribution in [3.8, 4) is 11.5 Å². The first-order valence-corrected chi connectivity index (χ1v) is 11.0. The highest BCUT2D eigenvalue weighted by Gasteiger charge is 2.20. The molecule has 5 nitrogen and oxygen atoms in total. The summed E-state index contributed by atoms with van der Waals surface area (Å²) < 4.78 is 13.9. The Bertz CT molecular complexity index is 884. The Morgan fingerprint density at radius 3 is 2.45 bits per heavy atom. The Morgan fingerprint density at radius 2 is 1.79 bits per heavy atom. The Morgan fingerprint density at radius 1 is 1.07 bits per heavy atom. The van der Waals surface area contributed by atoms with Crippen LogP contribution in [-0.2, 0) is 6.54 Å². The van der Waals surface area contributed by atoms with Gasteiger partial charge in [0.1, 0.15) is 0 Å². The topological polar surface area (TPSA) is 66.5 Å². The van der Waals surface area contributed by atoms with Crippen LogP contribution in [0.15, 0.2) is 34.8 Å². The van der Waals surface area contributed by atoms with E-state index in [2.05, 4.69) is 6.92 Å². The van der Waals surface area contributed by atoms with Gasteiger partial charge in [0.25, 0.3) is 5.56 Å². The third-order valence-corrected chi connectivity index (χ3v) is 5.17. The van der Waals surface area contributed by atoms with Crippen molar-refractivity contribution in [2.75, 3.05) is 12.3 Å². The highest BCUT2D eigenvalue weighted by Crippen LogP contribution is 2.35. The Balaban J connectivity index is 2.39. The van der Waals surface area contributed by atoms with Crippen LogP contribution < -0.4 is 20.8 Å². The molecule has 0 amide bonds. The SMILES string of the molecule is CC=C(CC)Oc1c(OCCCCCCCC)c(=O)n(CC)c2cc(N)ccc12. The number of hydrogen-bond acceptors (Lipinski definition) is 4. The molecular weight excluding hydrogens is 364 g/mol. The van der Waals surface area contributed by atoms with Gasteiger partial charge in [-0.05, 0) is 44.5 Å². The van der Waals surface area contributed by atoms with Crippen LogP contribution in [-0.4, -0.2) is 11.2 Å². The zero-order valence-electron chi connectivity index (χ0n) is 18.4. The molecule has 0 spiro atoms. The molecule has 0 aliphatic carbocycles. The monoisotopic (exact) mass is 400 g/mol. The summed E-state index contributed by atoms with van der Waals surface area (Å²) in [5.74, 6) is 1.60. The fraction of sp³-hybridized carbons (Fsp3) is 0.542. The van der Waals surface area contributed by atoms with Gasteiger partial charge in [-0.1, -0.05) is 46.0 Å². The van der Waals surface area contributed by atoms with Crippen molar-refractivity contribution in [3.63, 3.8) is 0 Å². The number of aromatic nitrogens is 1. The lowest BCUT2D eigenvalue weighted by Crippen LogP contribution is -2.23. The summed E-state index contributed by atoms with van der Waals surface area (Å²) in [6.45, 7) is 9.18. The fourth-order valence-corrected chi connectivity index (χ4v) is 3.48. The summed E-state index contributed by atoms with van der Waals surface area (Å²) in [4.78, 5) is 13.2. The molecule has 0 aliphatic heterocycles. The molecule has 0 unspecified atom stereocenters. The van der Waals surface area contributed by atoms with Crippen LogP contribution in [0.25, 0.3) is 10.9 Å². The van der Waals surface area contributed by atoms with Crippen LogP contribution in [0.3, 0.4) is 0 Å². The van der Waals surface area contributed by atoms with Crippen LogP contribution in [0, 0.1) is 0 Å². The van der Waals surface area contributed by atoms with E-state index in [1.165, 1.54) is 25.7 Å². The number of unbranched alkanes of at least 4 members (excludes halogenated alkanes) is 5. The van der Waals surface area contributed by atoms with E-state index in [1.807, 2.05) is 45.0 Å². The summed E-state index contributed by atoms with van der Waals surface area (Å²) in [6, 6.07) is 5.57. The quantitative estimate of drug-likeness (QED) is 0.268. The zero-order valence-corrected chi connectivity index (χ0v) is 18.4. The molecule has 0 saturated carbocycles. The number of nitrogens with two attached hydrogens (primary N) is 1. The minimum atomic E-state index is -0.168.